The van der Waals surface area contributed by atoms with Crippen LogP contribution in [0, 0.1) is 11.3 Å². The molecule has 106 valence electrons. The van der Waals surface area contributed by atoms with Crippen LogP contribution in [-0.2, 0) is 11.3 Å². The average molecular weight is 281 g/mol. The second-order valence-corrected chi connectivity index (χ2v) is 7.51. The first-order valence-electron chi connectivity index (χ1n) is 6.86. The fourth-order valence-electron chi connectivity index (χ4n) is 3.20. The lowest BCUT2D eigenvalue weighted by Gasteiger charge is -2.46. The SMILES string of the molecule is CC1CC(C)(C)CCC1(NCc1cccs1)C(=O)O. The van der Waals surface area contributed by atoms with Crippen LogP contribution >= 0.6 is 11.3 Å². The van der Waals surface area contributed by atoms with Crippen molar-refractivity contribution in [3.05, 3.63) is 22.4 Å². The Morgan fingerprint density at radius 3 is 2.79 bits per heavy atom. The molecule has 2 N–H and O–H groups in total. The Morgan fingerprint density at radius 1 is 1.53 bits per heavy atom. The molecule has 1 aromatic rings. The second-order valence-electron chi connectivity index (χ2n) is 6.48. The lowest BCUT2D eigenvalue weighted by molar-refractivity contribution is -0.150. The van der Waals surface area contributed by atoms with Crippen LogP contribution < -0.4 is 5.32 Å². The number of aliphatic carboxylic acids is 1. The van der Waals surface area contributed by atoms with Gasteiger partial charge in [-0.15, -0.1) is 11.3 Å². The molecule has 0 bridgehead atoms. The zero-order valence-corrected chi connectivity index (χ0v) is 12.7. The number of thiophene rings is 1. The van der Waals surface area contributed by atoms with E-state index >= 15 is 0 Å². The zero-order valence-electron chi connectivity index (χ0n) is 11.9. The fourth-order valence-corrected chi connectivity index (χ4v) is 3.85. The van der Waals surface area contributed by atoms with Crippen molar-refractivity contribution in [1.82, 2.24) is 5.32 Å². The Labute approximate surface area is 119 Å². The minimum Gasteiger partial charge on any atom is -0.480 e. The van der Waals surface area contributed by atoms with Crippen LogP contribution in [0.15, 0.2) is 17.5 Å². The molecule has 1 heterocycles. The van der Waals surface area contributed by atoms with Crippen LogP contribution in [0.5, 0.6) is 0 Å². The Bertz CT molecular complexity index is 441. The van der Waals surface area contributed by atoms with E-state index in [2.05, 4.69) is 26.1 Å². The van der Waals surface area contributed by atoms with E-state index in [-0.39, 0.29) is 11.3 Å². The molecule has 2 rings (SSSR count). The highest BCUT2D eigenvalue weighted by molar-refractivity contribution is 7.09. The first-order chi connectivity index (χ1) is 8.86. The molecule has 4 heteroatoms. The van der Waals surface area contributed by atoms with E-state index < -0.39 is 11.5 Å². The number of carboxylic acids is 1. The van der Waals surface area contributed by atoms with Crippen LogP contribution in [0.3, 0.4) is 0 Å². The van der Waals surface area contributed by atoms with Crippen molar-refractivity contribution < 1.29 is 9.90 Å². The van der Waals surface area contributed by atoms with Crippen LogP contribution in [0.1, 0.15) is 44.9 Å². The third-order valence-electron chi connectivity index (χ3n) is 4.44. The van der Waals surface area contributed by atoms with E-state index in [1.807, 2.05) is 17.5 Å². The van der Waals surface area contributed by atoms with Crippen LogP contribution in [0.25, 0.3) is 0 Å². The number of rotatable bonds is 4. The summed E-state index contributed by atoms with van der Waals surface area (Å²) in [5.41, 5.74) is -0.511. The summed E-state index contributed by atoms with van der Waals surface area (Å²) in [6.07, 6.45) is 2.62. The fraction of sp³-hybridized carbons (Fsp3) is 0.667. The smallest absolute Gasteiger partial charge is 0.324 e. The molecule has 1 aliphatic carbocycles. The predicted octanol–water partition coefficient (Wildman–Crippen LogP) is 3.51. The van der Waals surface area contributed by atoms with Crippen molar-refractivity contribution in [2.24, 2.45) is 11.3 Å². The number of hydrogen-bond acceptors (Lipinski definition) is 3. The minimum absolute atomic E-state index is 0.147. The van der Waals surface area contributed by atoms with E-state index in [0.717, 1.165) is 12.8 Å². The highest BCUT2D eigenvalue weighted by Crippen LogP contribution is 2.44. The summed E-state index contributed by atoms with van der Waals surface area (Å²) in [7, 11) is 0. The molecule has 1 aliphatic rings. The quantitative estimate of drug-likeness (QED) is 0.888. The largest absolute Gasteiger partial charge is 0.480 e. The van der Waals surface area contributed by atoms with Gasteiger partial charge in [0, 0.05) is 11.4 Å². The maximum absolute atomic E-state index is 11.8. The third kappa shape index (κ3) is 3.00. The molecule has 0 radical (unpaired) electrons. The lowest BCUT2D eigenvalue weighted by Crippen LogP contribution is -2.59. The summed E-state index contributed by atoms with van der Waals surface area (Å²) < 4.78 is 0. The number of carboxylic acid groups (broad SMARTS) is 1. The molecule has 0 spiro atoms. The third-order valence-corrected chi connectivity index (χ3v) is 5.31. The monoisotopic (exact) mass is 281 g/mol. The average Bonchev–Trinajstić information content (AvgIpc) is 2.80. The molecule has 1 aromatic heterocycles. The van der Waals surface area contributed by atoms with E-state index in [1.54, 1.807) is 11.3 Å². The molecule has 2 atom stereocenters. The summed E-state index contributed by atoms with van der Waals surface area (Å²) >= 11 is 1.67. The van der Waals surface area contributed by atoms with Gasteiger partial charge in [-0.2, -0.15) is 0 Å². The Kier molecular flexibility index (Phi) is 4.02. The summed E-state index contributed by atoms with van der Waals surface area (Å²) in [5.74, 6) is -0.555. The topological polar surface area (TPSA) is 49.3 Å². The van der Waals surface area contributed by atoms with Gasteiger partial charge in [0.15, 0.2) is 0 Å². The molecule has 0 aliphatic heterocycles. The number of hydrogen-bond donors (Lipinski definition) is 2. The number of carbonyl (C=O) groups is 1. The first-order valence-corrected chi connectivity index (χ1v) is 7.74. The lowest BCUT2D eigenvalue weighted by atomic mass is 9.64. The van der Waals surface area contributed by atoms with Crippen molar-refractivity contribution in [2.45, 2.75) is 52.1 Å². The number of nitrogens with one attached hydrogen (secondary N) is 1. The van der Waals surface area contributed by atoms with Crippen LogP contribution in [0.4, 0.5) is 0 Å². The molecule has 19 heavy (non-hydrogen) atoms. The maximum Gasteiger partial charge on any atom is 0.324 e. The molecular formula is C15H23NO2S. The van der Waals surface area contributed by atoms with Gasteiger partial charge in [0.2, 0.25) is 0 Å². The summed E-state index contributed by atoms with van der Waals surface area (Å²) in [6.45, 7) is 7.17. The molecule has 0 saturated heterocycles. The van der Waals surface area contributed by atoms with Crippen LogP contribution in [-0.4, -0.2) is 16.6 Å². The van der Waals surface area contributed by atoms with E-state index in [0.29, 0.717) is 13.0 Å². The van der Waals surface area contributed by atoms with Gasteiger partial charge in [-0.3, -0.25) is 10.1 Å². The first kappa shape index (κ1) is 14.5. The molecule has 2 unspecified atom stereocenters. The van der Waals surface area contributed by atoms with Gasteiger partial charge < -0.3 is 5.11 Å². The zero-order chi connectivity index (χ0) is 14.1. The molecule has 1 fully saturated rings. The minimum atomic E-state index is -0.764. The van der Waals surface area contributed by atoms with Crippen molar-refractivity contribution in [3.8, 4) is 0 Å². The van der Waals surface area contributed by atoms with Gasteiger partial charge in [-0.1, -0.05) is 26.8 Å². The van der Waals surface area contributed by atoms with E-state index in [4.69, 9.17) is 0 Å². The van der Waals surface area contributed by atoms with Crippen molar-refractivity contribution in [3.63, 3.8) is 0 Å². The van der Waals surface area contributed by atoms with Gasteiger partial charge in [0.05, 0.1) is 0 Å². The standard InChI is InChI=1S/C15H23NO2S/c1-11-9-14(2,3)6-7-15(11,13(17)18)16-10-12-5-4-8-19-12/h4-5,8,11,16H,6-7,9-10H2,1-3H3,(H,17,18). The molecule has 0 amide bonds. The second kappa shape index (κ2) is 5.25. The highest BCUT2D eigenvalue weighted by atomic mass is 32.1. The Morgan fingerprint density at radius 2 is 2.26 bits per heavy atom. The van der Waals surface area contributed by atoms with Crippen molar-refractivity contribution in [2.75, 3.05) is 0 Å². The van der Waals surface area contributed by atoms with Crippen molar-refractivity contribution >= 4 is 17.3 Å². The highest BCUT2D eigenvalue weighted by Gasteiger charge is 2.48. The summed E-state index contributed by atoms with van der Waals surface area (Å²) in [6, 6.07) is 4.05. The van der Waals surface area contributed by atoms with Crippen LogP contribution in [0.2, 0.25) is 0 Å². The van der Waals surface area contributed by atoms with Gasteiger partial charge >= 0.3 is 5.97 Å². The van der Waals surface area contributed by atoms with E-state index in [9.17, 15) is 9.90 Å². The predicted molar refractivity (Wildman–Crippen MR) is 78.3 cm³/mol. The Balaban J connectivity index is 2.12. The van der Waals surface area contributed by atoms with Crippen molar-refractivity contribution in [1.29, 1.82) is 0 Å². The Hall–Kier alpha value is -0.870. The maximum atomic E-state index is 11.8. The molecule has 0 aromatic carbocycles. The van der Waals surface area contributed by atoms with E-state index in [1.165, 1.54) is 4.88 Å². The molecule has 3 nitrogen and oxygen atoms in total. The van der Waals surface area contributed by atoms with Gasteiger partial charge in [0.25, 0.3) is 0 Å². The summed E-state index contributed by atoms with van der Waals surface area (Å²) in [5, 5.41) is 15.1. The molecular weight excluding hydrogens is 258 g/mol. The van der Waals surface area contributed by atoms with Gasteiger partial charge in [-0.25, -0.2) is 0 Å². The van der Waals surface area contributed by atoms with Gasteiger partial charge in [-0.05, 0) is 42.0 Å². The van der Waals surface area contributed by atoms with Gasteiger partial charge in [0.1, 0.15) is 5.54 Å². The normalized spacial score (nSPS) is 30.2. The molecule has 1 saturated carbocycles. The summed E-state index contributed by atoms with van der Waals surface area (Å²) in [4.78, 5) is 13.0.